The summed E-state index contributed by atoms with van der Waals surface area (Å²) in [7, 11) is 0. The van der Waals surface area contributed by atoms with Gasteiger partial charge in [-0.2, -0.15) is 0 Å². The van der Waals surface area contributed by atoms with E-state index < -0.39 is 0 Å². The number of carbonyl (C=O) groups is 1. The van der Waals surface area contributed by atoms with Gasteiger partial charge in [0.1, 0.15) is 11.6 Å². The SMILES string of the molecule is O=Cc1cccc2cnc(Cc3cccc(F)c3)n12. The molecule has 0 aliphatic carbocycles. The van der Waals surface area contributed by atoms with E-state index in [-0.39, 0.29) is 5.82 Å². The minimum atomic E-state index is -0.269. The number of pyridine rings is 1. The van der Waals surface area contributed by atoms with Crippen molar-refractivity contribution in [3.8, 4) is 0 Å². The highest BCUT2D eigenvalue weighted by Gasteiger charge is 2.08. The number of aromatic nitrogens is 2. The van der Waals surface area contributed by atoms with E-state index in [0.717, 1.165) is 23.2 Å². The van der Waals surface area contributed by atoms with Crippen LogP contribution in [0.25, 0.3) is 5.52 Å². The number of aldehydes is 1. The van der Waals surface area contributed by atoms with Crippen LogP contribution < -0.4 is 0 Å². The van der Waals surface area contributed by atoms with Crippen molar-refractivity contribution >= 4 is 11.8 Å². The van der Waals surface area contributed by atoms with Gasteiger partial charge in [0.15, 0.2) is 6.29 Å². The Balaban J connectivity index is 2.08. The van der Waals surface area contributed by atoms with E-state index in [1.165, 1.54) is 12.1 Å². The van der Waals surface area contributed by atoms with E-state index in [9.17, 15) is 9.18 Å². The number of benzene rings is 1. The molecular formula is C15H11FN2O. The third-order valence-corrected chi connectivity index (χ3v) is 3.03. The molecule has 0 unspecified atom stereocenters. The number of hydrogen-bond acceptors (Lipinski definition) is 2. The van der Waals surface area contributed by atoms with E-state index in [2.05, 4.69) is 4.98 Å². The fourth-order valence-corrected chi connectivity index (χ4v) is 2.19. The Bertz CT molecular complexity index is 749. The summed E-state index contributed by atoms with van der Waals surface area (Å²) in [5.41, 5.74) is 2.23. The van der Waals surface area contributed by atoms with Gasteiger partial charge in [0.05, 0.1) is 17.4 Å². The number of imidazole rings is 1. The molecule has 0 saturated heterocycles. The molecule has 2 heterocycles. The topological polar surface area (TPSA) is 34.4 Å². The second-order valence-corrected chi connectivity index (χ2v) is 4.31. The van der Waals surface area contributed by atoms with Crippen molar-refractivity contribution in [2.75, 3.05) is 0 Å². The van der Waals surface area contributed by atoms with Crippen LogP contribution in [0.1, 0.15) is 21.9 Å². The van der Waals surface area contributed by atoms with Crippen LogP contribution in [0.2, 0.25) is 0 Å². The van der Waals surface area contributed by atoms with Crippen molar-refractivity contribution in [1.29, 1.82) is 0 Å². The first-order valence-corrected chi connectivity index (χ1v) is 5.93. The van der Waals surface area contributed by atoms with Crippen LogP contribution >= 0.6 is 0 Å². The predicted molar refractivity (Wildman–Crippen MR) is 69.8 cm³/mol. The van der Waals surface area contributed by atoms with Crippen LogP contribution in [0.5, 0.6) is 0 Å². The first-order chi connectivity index (χ1) is 9.28. The first kappa shape index (κ1) is 11.6. The number of fused-ring (bicyclic) bond motifs is 1. The van der Waals surface area contributed by atoms with E-state index >= 15 is 0 Å². The van der Waals surface area contributed by atoms with Gasteiger partial charge in [-0.1, -0.05) is 18.2 Å². The Morgan fingerprint density at radius 3 is 2.84 bits per heavy atom. The van der Waals surface area contributed by atoms with Crippen molar-refractivity contribution in [1.82, 2.24) is 9.38 Å². The Morgan fingerprint density at radius 2 is 2.05 bits per heavy atom. The third-order valence-electron chi connectivity index (χ3n) is 3.03. The molecule has 0 spiro atoms. The summed E-state index contributed by atoms with van der Waals surface area (Å²) in [5, 5.41) is 0. The molecule has 0 amide bonds. The van der Waals surface area contributed by atoms with Gasteiger partial charge >= 0.3 is 0 Å². The average Bonchev–Trinajstić information content (AvgIpc) is 2.82. The monoisotopic (exact) mass is 254 g/mol. The molecule has 3 aromatic rings. The summed E-state index contributed by atoms with van der Waals surface area (Å²) in [6, 6.07) is 11.8. The van der Waals surface area contributed by atoms with Gasteiger partial charge in [-0.3, -0.25) is 9.20 Å². The van der Waals surface area contributed by atoms with Crippen LogP contribution in [-0.2, 0) is 6.42 Å². The lowest BCUT2D eigenvalue weighted by Gasteiger charge is -2.04. The Morgan fingerprint density at radius 1 is 1.21 bits per heavy atom. The largest absolute Gasteiger partial charge is 0.296 e. The zero-order valence-corrected chi connectivity index (χ0v) is 10.1. The average molecular weight is 254 g/mol. The second kappa shape index (κ2) is 4.65. The number of rotatable bonds is 3. The molecule has 94 valence electrons. The fraction of sp³-hybridized carbons (Fsp3) is 0.0667. The summed E-state index contributed by atoms with van der Waals surface area (Å²) >= 11 is 0. The minimum Gasteiger partial charge on any atom is -0.296 e. The smallest absolute Gasteiger partial charge is 0.166 e. The summed E-state index contributed by atoms with van der Waals surface area (Å²) in [6.45, 7) is 0. The zero-order valence-electron chi connectivity index (χ0n) is 10.1. The molecule has 4 heteroatoms. The summed E-state index contributed by atoms with van der Waals surface area (Å²) < 4.78 is 15.0. The van der Waals surface area contributed by atoms with Crippen LogP contribution in [0, 0.1) is 5.82 Å². The van der Waals surface area contributed by atoms with Gasteiger partial charge in [0, 0.05) is 6.42 Å². The highest BCUT2D eigenvalue weighted by molar-refractivity contribution is 5.74. The summed E-state index contributed by atoms with van der Waals surface area (Å²) in [6.07, 6.45) is 2.99. The van der Waals surface area contributed by atoms with Crippen LogP contribution in [0.3, 0.4) is 0 Å². The molecule has 1 aromatic carbocycles. The molecule has 0 aliphatic heterocycles. The lowest BCUT2D eigenvalue weighted by molar-refractivity contribution is 0.111. The second-order valence-electron chi connectivity index (χ2n) is 4.31. The maximum absolute atomic E-state index is 13.2. The molecule has 3 rings (SSSR count). The summed E-state index contributed by atoms with van der Waals surface area (Å²) in [5.74, 6) is 0.456. The van der Waals surface area contributed by atoms with Crippen molar-refractivity contribution in [2.24, 2.45) is 0 Å². The van der Waals surface area contributed by atoms with E-state index in [4.69, 9.17) is 0 Å². The van der Waals surface area contributed by atoms with Gasteiger partial charge in [-0.25, -0.2) is 9.37 Å². The van der Waals surface area contributed by atoms with Gasteiger partial charge in [0.25, 0.3) is 0 Å². The predicted octanol–water partition coefficient (Wildman–Crippen LogP) is 2.88. The number of nitrogens with zero attached hydrogens (tertiary/aromatic N) is 2. The van der Waals surface area contributed by atoms with Crippen LogP contribution in [0.15, 0.2) is 48.7 Å². The fourth-order valence-electron chi connectivity index (χ4n) is 2.19. The third kappa shape index (κ3) is 2.12. The normalized spacial score (nSPS) is 10.8. The molecule has 0 N–H and O–H groups in total. The van der Waals surface area contributed by atoms with E-state index in [0.29, 0.717) is 12.1 Å². The number of hydrogen-bond donors (Lipinski definition) is 0. The molecule has 0 saturated carbocycles. The molecule has 0 aliphatic rings. The van der Waals surface area contributed by atoms with E-state index in [1.54, 1.807) is 22.7 Å². The molecular weight excluding hydrogens is 243 g/mol. The maximum Gasteiger partial charge on any atom is 0.166 e. The lowest BCUT2D eigenvalue weighted by atomic mass is 10.1. The molecule has 0 radical (unpaired) electrons. The maximum atomic E-state index is 13.2. The van der Waals surface area contributed by atoms with Crippen molar-refractivity contribution in [3.63, 3.8) is 0 Å². The first-order valence-electron chi connectivity index (χ1n) is 5.93. The lowest BCUT2D eigenvalue weighted by Crippen LogP contribution is -2.01. The van der Waals surface area contributed by atoms with Crippen molar-refractivity contribution < 1.29 is 9.18 Å². The van der Waals surface area contributed by atoms with Gasteiger partial charge in [0.2, 0.25) is 0 Å². The molecule has 3 nitrogen and oxygen atoms in total. The van der Waals surface area contributed by atoms with E-state index in [1.807, 2.05) is 18.2 Å². The Hall–Kier alpha value is -2.49. The number of halogens is 1. The highest BCUT2D eigenvalue weighted by atomic mass is 19.1. The quantitative estimate of drug-likeness (QED) is 0.673. The van der Waals surface area contributed by atoms with Gasteiger partial charge in [-0.15, -0.1) is 0 Å². The standard InChI is InChI=1S/C15H11FN2O/c16-12-4-1-3-11(7-12)8-15-17-9-13-5-2-6-14(10-19)18(13)15/h1-7,9-10H,8H2. The summed E-state index contributed by atoms with van der Waals surface area (Å²) in [4.78, 5) is 15.4. The highest BCUT2D eigenvalue weighted by Crippen LogP contribution is 2.14. The minimum absolute atomic E-state index is 0.269. The van der Waals surface area contributed by atoms with Crippen LogP contribution in [0.4, 0.5) is 4.39 Å². The molecule has 19 heavy (non-hydrogen) atoms. The Labute approximate surface area is 109 Å². The molecule has 2 aromatic heterocycles. The van der Waals surface area contributed by atoms with Crippen LogP contribution in [-0.4, -0.2) is 15.7 Å². The van der Waals surface area contributed by atoms with Gasteiger partial charge < -0.3 is 0 Å². The molecule has 0 fully saturated rings. The zero-order chi connectivity index (χ0) is 13.2. The molecule has 0 bridgehead atoms. The number of carbonyl (C=O) groups excluding carboxylic acids is 1. The Kier molecular flexibility index (Phi) is 2.83. The van der Waals surface area contributed by atoms with Crippen molar-refractivity contribution in [2.45, 2.75) is 6.42 Å². The molecule has 0 atom stereocenters. The van der Waals surface area contributed by atoms with Gasteiger partial charge in [-0.05, 0) is 29.8 Å². The van der Waals surface area contributed by atoms with Crippen molar-refractivity contribution in [3.05, 3.63) is 71.6 Å².